The van der Waals surface area contributed by atoms with Crippen molar-refractivity contribution in [1.82, 2.24) is 5.32 Å². The molecule has 0 radical (unpaired) electrons. The zero-order chi connectivity index (χ0) is 18.5. The van der Waals surface area contributed by atoms with Crippen LogP contribution < -0.4 is 11.1 Å². The Labute approximate surface area is 157 Å². The zero-order valence-electron chi connectivity index (χ0n) is 14.1. The lowest BCUT2D eigenvalue weighted by molar-refractivity contribution is -0.127. The summed E-state index contributed by atoms with van der Waals surface area (Å²) in [5.41, 5.74) is 7.10. The Hall–Kier alpha value is -2.85. The topological polar surface area (TPSA) is 72.2 Å². The Morgan fingerprint density at radius 2 is 1.65 bits per heavy atom. The predicted molar refractivity (Wildman–Crippen MR) is 104 cm³/mol. The van der Waals surface area contributed by atoms with Crippen molar-refractivity contribution in [3.8, 4) is 0 Å². The molecule has 132 valence electrons. The fraction of sp³-hybridized carbons (Fsp3) is 0.143. The Balaban J connectivity index is 1.69. The first-order valence-electron chi connectivity index (χ1n) is 8.32. The minimum Gasteiger partial charge on any atom is -0.368 e. The van der Waals surface area contributed by atoms with E-state index in [4.69, 9.17) is 17.3 Å². The molecule has 3 N–H and O–H groups in total. The van der Waals surface area contributed by atoms with Crippen LogP contribution in [0.15, 0.2) is 66.7 Å². The van der Waals surface area contributed by atoms with E-state index in [0.717, 1.165) is 21.9 Å². The number of rotatable bonds is 6. The maximum absolute atomic E-state index is 12.4. The first-order valence-corrected chi connectivity index (χ1v) is 8.70. The van der Waals surface area contributed by atoms with Gasteiger partial charge in [-0.15, -0.1) is 0 Å². The van der Waals surface area contributed by atoms with Gasteiger partial charge in [0.1, 0.15) is 6.04 Å². The summed E-state index contributed by atoms with van der Waals surface area (Å²) < 4.78 is 0. The van der Waals surface area contributed by atoms with Gasteiger partial charge >= 0.3 is 0 Å². The fourth-order valence-electron chi connectivity index (χ4n) is 2.89. The van der Waals surface area contributed by atoms with Crippen molar-refractivity contribution in [2.45, 2.75) is 18.9 Å². The van der Waals surface area contributed by atoms with Gasteiger partial charge in [-0.1, -0.05) is 72.3 Å². The Kier molecular flexibility index (Phi) is 5.54. The molecule has 4 nitrogen and oxygen atoms in total. The number of nitrogens with one attached hydrogen (secondary N) is 1. The number of nitrogens with two attached hydrogens (primary N) is 1. The van der Waals surface area contributed by atoms with E-state index < -0.39 is 11.9 Å². The minimum absolute atomic E-state index is 0.178. The predicted octanol–water partition coefficient (Wildman–Crippen LogP) is 3.25. The molecule has 0 bridgehead atoms. The number of hydrogen-bond donors (Lipinski definition) is 2. The first-order chi connectivity index (χ1) is 12.5. The second-order valence-electron chi connectivity index (χ2n) is 6.18. The van der Waals surface area contributed by atoms with Crippen LogP contribution in [0.2, 0.25) is 5.02 Å². The number of carbonyl (C=O) groups excluding carboxylic acids is 2. The molecule has 0 aliphatic carbocycles. The van der Waals surface area contributed by atoms with E-state index >= 15 is 0 Å². The van der Waals surface area contributed by atoms with Crippen LogP contribution in [0.4, 0.5) is 0 Å². The van der Waals surface area contributed by atoms with Crippen LogP contribution in [-0.2, 0) is 22.4 Å². The van der Waals surface area contributed by atoms with Crippen LogP contribution in [0.3, 0.4) is 0 Å². The Morgan fingerprint density at radius 3 is 2.38 bits per heavy atom. The van der Waals surface area contributed by atoms with Gasteiger partial charge in [0, 0.05) is 11.4 Å². The molecule has 0 aliphatic rings. The van der Waals surface area contributed by atoms with Gasteiger partial charge in [-0.25, -0.2) is 0 Å². The molecule has 5 heteroatoms. The molecular formula is C21H19ClN2O2. The normalized spacial score (nSPS) is 11.9. The van der Waals surface area contributed by atoms with E-state index in [1.54, 1.807) is 6.07 Å². The summed E-state index contributed by atoms with van der Waals surface area (Å²) in [5.74, 6) is -0.840. The highest BCUT2D eigenvalue weighted by Crippen LogP contribution is 2.18. The summed E-state index contributed by atoms with van der Waals surface area (Å²) in [7, 11) is 0. The van der Waals surface area contributed by atoms with Crippen molar-refractivity contribution in [3.05, 3.63) is 82.9 Å². The fourth-order valence-corrected chi connectivity index (χ4v) is 3.10. The molecule has 0 heterocycles. The highest BCUT2D eigenvalue weighted by atomic mass is 35.5. The number of primary amides is 1. The number of amides is 2. The average Bonchev–Trinajstić information content (AvgIpc) is 2.62. The van der Waals surface area contributed by atoms with Crippen molar-refractivity contribution in [3.63, 3.8) is 0 Å². The molecule has 3 rings (SSSR count). The van der Waals surface area contributed by atoms with Gasteiger partial charge in [0.2, 0.25) is 11.8 Å². The number of halogens is 1. The molecular weight excluding hydrogens is 348 g/mol. The second kappa shape index (κ2) is 8.02. The first kappa shape index (κ1) is 18.0. The highest BCUT2D eigenvalue weighted by Gasteiger charge is 2.19. The van der Waals surface area contributed by atoms with Crippen molar-refractivity contribution in [1.29, 1.82) is 0 Å². The number of hydrogen-bond acceptors (Lipinski definition) is 2. The molecule has 0 aliphatic heterocycles. The lowest BCUT2D eigenvalue weighted by Gasteiger charge is -2.16. The van der Waals surface area contributed by atoms with Crippen molar-refractivity contribution in [2.24, 2.45) is 5.73 Å². The van der Waals surface area contributed by atoms with Crippen molar-refractivity contribution >= 4 is 34.2 Å². The quantitative estimate of drug-likeness (QED) is 0.702. The summed E-state index contributed by atoms with van der Waals surface area (Å²) in [5, 5.41) is 5.45. The molecule has 0 fully saturated rings. The van der Waals surface area contributed by atoms with Crippen LogP contribution in [-0.4, -0.2) is 17.9 Å². The average molecular weight is 367 g/mol. The van der Waals surface area contributed by atoms with Crippen molar-refractivity contribution < 1.29 is 9.59 Å². The monoisotopic (exact) mass is 366 g/mol. The van der Waals surface area contributed by atoms with E-state index in [-0.39, 0.29) is 18.7 Å². The van der Waals surface area contributed by atoms with Crippen LogP contribution in [0.5, 0.6) is 0 Å². The zero-order valence-corrected chi connectivity index (χ0v) is 14.9. The number of benzene rings is 3. The molecule has 3 aromatic rings. The lowest BCUT2D eigenvalue weighted by Crippen LogP contribution is -2.46. The smallest absolute Gasteiger partial charge is 0.240 e. The molecule has 0 spiro atoms. The molecule has 26 heavy (non-hydrogen) atoms. The largest absolute Gasteiger partial charge is 0.368 e. The molecule has 0 saturated carbocycles. The summed E-state index contributed by atoms with van der Waals surface area (Å²) >= 11 is 6.13. The third-order valence-corrected chi connectivity index (χ3v) is 4.61. The van der Waals surface area contributed by atoms with Gasteiger partial charge in [0.15, 0.2) is 0 Å². The summed E-state index contributed by atoms with van der Waals surface area (Å²) in [6, 6.07) is 20.2. The third kappa shape index (κ3) is 4.41. The summed E-state index contributed by atoms with van der Waals surface area (Å²) in [4.78, 5) is 24.1. The minimum atomic E-state index is -0.803. The van der Waals surface area contributed by atoms with Gasteiger partial charge < -0.3 is 11.1 Å². The Bertz CT molecular complexity index is 955. The lowest BCUT2D eigenvalue weighted by atomic mass is 10.0. The van der Waals surface area contributed by atoms with Gasteiger partial charge in [0.25, 0.3) is 0 Å². The molecule has 2 amide bonds. The number of carbonyl (C=O) groups is 2. The SMILES string of the molecule is NC(=O)[C@@H](Cc1ccccc1Cl)NC(=O)Cc1ccc2ccccc2c1. The maximum atomic E-state index is 12.4. The van der Waals surface area contributed by atoms with E-state index in [9.17, 15) is 9.59 Å². The van der Waals surface area contributed by atoms with Crippen LogP contribution in [0.1, 0.15) is 11.1 Å². The maximum Gasteiger partial charge on any atom is 0.240 e. The number of fused-ring (bicyclic) bond motifs is 1. The van der Waals surface area contributed by atoms with Gasteiger partial charge in [0.05, 0.1) is 6.42 Å². The molecule has 0 aromatic heterocycles. The second-order valence-corrected chi connectivity index (χ2v) is 6.58. The van der Waals surface area contributed by atoms with E-state index in [1.165, 1.54) is 0 Å². The third-order valence-electron chi connectivity index (χ3n) is 4.24. The summed E-state index contributed by atoms with van der Waals surface area (Å²) in [6.45, 7) is 0. The van der Waals surface area contributed by atoms with Gasteiger partial charge in [-0.05, 0) is 28.0 Å². The molecule has 0 unspecified atom stereocenters. The van der Waals surface area contributed by atoms with E-state index in [0.29, 0.717) is 5.02 Å². The van der Waals surface area contributed by atoms with Gasteiger partial charge in [-0.2, -0.15) is 0 Å². The highest BCUT2D eigenvalue weighted by molar-refractivity contribution is 6.31. The van der Waals surface area contributed by atoms with Crippen LogP contribution in [0.25, 0.3) is 10.8 Å². The molecule has 1 atom stereocenters. The van der Waals surface area contributed by atoms with Crippen molar-refractivity contribution in [2.75, 3.05) is 0 Å². The van der Waals surface area contributed by atoms with Gasteiger partial charge in [-0.3, -0.25) is 9.59 Å². The summed E-state index contributed by atoms with van der Waals surface area (Å²) in [6.07, 6.45) is 0.440. The standard InChI is InChI=1S/C21H19ClN2O2/c22-18-8-4-3-7-17(18)13-19(21(23)26)24-20(25)12-14-9-10-15-5-1-2-6-16(15)11-14/h1-11,19H,12-13H2,(H2,23,26)(H,24,25)/t19-/m1/s1. The van der Waals surface area contributed by atoms with Crippen LogP contribution >= 0.6 is 11.6 Å². The van der Waals surface area contributed by atoms with E-state index in [1.807, 2.05) is 60.7 Å². The van der Waals surface area contributed by atoms with E-state index in [2.05, 4.69) is 5.32 Å². The Morgan fingerprint density at radius 1 is 0.962 bits per heavy atom. The molecule has 3 aromatic carbocycles. The molecule has 0 saturated heterocycles. The van der Waals surface area contributed by atoms with Crippen LogP contribution in [0, 0.1) is 0 Å².